The Hall–Kier alpha value is -8.20. The second-order valence-corrected chi connectivity index (χ2v) is 18.8. The summed E-state index contributed by atoms with van der Waals surface area (Å²) < 4.78 is 6.74. The van der Waals surface area contributed by atoms with E-state index >= 15 is 0 Å². The van der Waals surface area contributed by atoms with Gasteiger partial charge in [0.1, 0.15) is 11.2 Å². The minimum absolute atomic E-state index is 0.0369. The van der Waals surface area contributed by atoms with E-state index in [1.807, 2.05) is 0 Å². The van der Waals surface area contributed by atoms with Crippen molar-refractivity contribution in [3.63, 3.8) is 0 Å². The standard InChI is InChI=1S/C65H49NO/c1-64(2,3)48-39-36-46(37-40-48)52-28-14-16-33-58(52)66(59-34-19-35-61-63(59)55-42-47(38-41-60(55)67-61)44-20-7-4-8-21-44)51-27-17-26-50(43-51)65(49-24-11-6-12-25-49)56-31-15-13-29-54(56)62-53(30-18-32-57(62)65)45-22-9-5-10-23-45/h4-43H,1-3H3. The van der Waals surface area contributed by atoms with Gasteiger partial charge in [0, 0.05) is 16.6 Å². The van der Waals surface area contributed by atoms with Crippen LogP contribution in [0.15, 0.2) is 247 Å². The Morgan fingerprint density at radius 2 is 0.955 bits per heavy atom. The first kappa shape index (κ1) is 40.3. The number of fused-ring (bicyclic) bond motifs is 6. The Bertz CT molecular complexity index is 3600. The second kappa shape index (κ2) is 16.0. The molecule has 0 amide bonds. The fourth-order valence-electron chi connectivity index (χ4n) is 10.8. The molecule has 320 valence electrons. The Morgan fingerprint density at radius 3 is 1.72 bits per heavy atom. The van der Waals surface area contributed by atoms with Crippen LogP contribution in [0.25, 0.3) is 66.4 Å². The zero-order valence-electron chi connectivity index (χ0n) is 37.9. The lowest BCUT2D eigenvalue weighted by molar-refractivity contribution is 0.590. The van der Waals surface area contributed by atoms with Gasteiger partial charge in [-0.05, 0) is 115 Å². The summed E-state index contributed by atoms with van der Waals surface area (Å²) in [4.78, 5) is 2.48. The SMILES string of the molecule is CC(C)(C)c1ccc(-c2ccccc2N(c2cccc(C3(c4ccccc4)c4ccccc4-c4c(-c5ccccc5)cccc43)c2)c2cccc3oc4ccc(-c5ccccc5)cc4c23)cc1. The van der Waals surface area contributed by atoms with Gasteiger partial charge in [-0.2, -0.15) is 0 Å². The predicted octanol–water partition coefficient (Wildman–Crippen LogP) is 17.7. The van der Waals surface area contributed by atoms with Crippen LogP contribution in [0, 0.1) is 0 Å². The topological polar surface area (TPSA) is 16.4 Å². The molecule has 0 radical (unpaired) electrons. The van der Waals surface area contributed by atoms with Gasteiger partial charge in [-0.25, -0.2) is 0 Å². The first-order chi connectivity index (χ1) is 32.9. The minimum atomic E-state index is -0.624. The smallest absolute Gasteiger partial charge is 0.137 e. The summed E-state index contributed by atoms with van der Waals surface area (Å²) in [7, 11) is 0. The van der Waals surface area contributed by atoms with Crippen molar-refractivity contribution in [2.75, 3.05) is 4.90 Å². The van der Waals surface area contributed by atoms with Gasteiger partial charge in [0.25, 0.3) is 0 Å². The molecule has 0 saturated carbocycles. The molecular formula is C65H49NO. The Morgan fingerprint density at radius 1 is 0.388 bits per heavy atom. The molecule has 10 aromatic carbocycles. The van der Waals surface area contributed by atoms with Gasteiger partial charge >= 0.3 is 0 Å². The van der Waals surface area contributed by atoms with Crippen LogP contribution in [0.2, 0.25) is 0 Å². The summed E-state index contributed by atoms with van der Waals surface area (Å²) in [5.74, 6) is 0. The molecule has 0 spiro atoms. The molecule has 2 heteroatoms. The molecule has 0 bridgehead atoms. The zero-order valence-corrected chi connectivity index (χ0v) is 37.9. The Kier molecular flexibility index (Phi) is 9.66. The minimum Gasteiger partial charge on any atom is -0.456 e. The predicted molar refractivity (Wildman–Crippen MR) is 281 cm³/mol. The summed E-state index contributed by atoms with van der Waals surface area (Å²) >= 11 is 0. The van der Waals surface area contributed by atoms with E-state index in [9.17, 15) is 0 Å². The maximum atomic E-state index is 6.74. The van der Waals surface area contributed by atoms with Crippen molar-refractivity contribution in [2.45, 2.75) is 31.6 Å². The molecule has 1 aliphatic rings. The molecule has 11 aromatic rings. The summed E-state index contributed by atoms with van der Waals surface area (Å²) in [5.41, 5.74) is 20.2. The average molecular weight is 860 g/mol. The summed E-state index contributed by atoms with van der Waals surface area (Å²) in [6, 6.07) is 89.0. The highest BCUT2D eigenvalue weighted by Gasteiger charge is 2.47. The first-order valence-electron chi connectivity index (χ1n) is 23.3. The van der Waals surface area contributed by atoms with Gasteiger partial charge in [-0.1, -0.05) is 221 Å². The quantitative estimate of drug-likeness (QED) is 0.151. The molecule has 1 aromatic heterocycles. The first-order valence-corrected chi connectivity index (χ1v) is 23.3. The van der Waals surface area contributed by atoms with E-state index in [0.717, 1.165) is 55.7 Å². The van der Waals surface area contributed by atoms with Gasteiger partial charge in [-0.3, -0.25) is 0 Å². The molecule has 2 nitrogen and oxygen atoms in total. The van der Waals surface area contributed by atoms with Crippen molar-refractivity contribution < 1.29 is 4.42 Å². The second-order valence-electron chi connectivity index (χ2n) is 18.8. The fourth-order valence-corrected chi connectivity index (χ4v) is 10.8. The molecule has 0 N–H and O–H groups in total. The number of nitrogens with zero attached hydrogens (tertiary/aromatic N) is 1. The van der Waals surface area contributed by atoms with Crippen LogP contribution in [0.1, 0.15) is 48.6 Å². The van der Waals surface area contributed by atoms with Crippen molar-refractivity contribution in [3.05, 3.63) is 270 Å². The highest BCUT2D eigenvalue weighted by atomic mass is 16.3. The Balaban J connectivity index is 1.14. The molecular weight excluding hydrogens is 811 g/mol. The van der Waals surface area contributed by atoms with Gasteiger partial charge in [0.05, 0.1) is 22.2 Å². The fraction of sp³-hybridized carbons (Fsp3) is 0.0769. The molecule has 1 unspecified atom stereocenters. The molecule has 0 saturated heterocycles. The van der Waals surface area contributed by atoms with E-state index in [0.29, 0.717) is 0 Å². The van der Waals surface area contributed by atoms with Crippen LogP contribution < -0.4 is 4.90 Å². The third-order valence-corrected chi connectivity index (χ3v) is 13.9. The normalized spacial score (nSPS) is 14.3. The molecule has 12 rings (SSSR count). The van der Waals surface area contributed by atoms with Crippen molar-refractivity contribution in [3.8, 4) is 44.5 Å². The molecule has 67 heavy (non-hydrogen) atoms. The van der Waals surface area contributed by atoms with Crippen LogP contribution in [0.4, 0.5) is 17.1 Å². The number of anilines is 3. The number of hydrogen-bond donors (Lipinski definition) is 0. The van der Waals surface area contributed by atoms with Crippen LogP contribution in [-0.2, 0) is 10.8 Å². The highest BCUT2D eigenvalue weighted by molar-refractivity contribution is 6.14. The number of hydrogen-bond acceptors (Lipinski definition) is 2. The van der Waals surface area contributed by atoms with Crippen LogP contribution >= 0.6 is 0 Å². The number of para-hydroxylation sites is 1. The van der Waals surface area contributed by atoms with E-state index in [-0.39, 0.29) is 5.41 Å². The van der Waals surface area contributed by atoms with Crippen LogP contribution in [0.5, 0.6) is 0 Å². The summed E-state index contributed by atoms with van der Waals surface area (Å²) in [5, 5.41) is 2.15. The molecule has 1 heterocycles. The van der Waals surface area contributed by atoms with Crippen LogP contribution in [0.3, 0.4) is 0 Å². The molecule has 1 atom stereocenters. The van der Waals surface area contributed by atoms with E-state index < -0.39 is 5.41 Å². The lowest BCUT2D eigenvalue weighted by Gasteiger charge is -2.35. The van der Waals surface area contributed by atoms with Crippen molar-refractivity contribution in [1.82, 2.24) is 0 Å². The Labute approximate surface area is 393 Å². The maximum Gasteiger partial charge on any atom is 0.137 e. The van der Waals surface area contributed by atoms with Crippen molar-refractivity contribution in [2.24, 2.45) is 0 Å². The molecule has 0 fully saturated rings. The van der Waals surface area contributed by atoms with Gasteiger partial charge < -0.3 is 9.32 Å². The number of furan rings is 1. The molecule has 1 aliphatic carbocycles. The van der Waals surface area contributed by atoms with E-state index in [4.69, 9.17) is 4.42 Å². The monoisotopic (exact) mass is 859 g/mol. The zero-order chi connectivity index (χ0) is 45.1. The van der Waals surface area contributed by atoms with Gasteiger partial charge in [-0.15, -0.1) is 0 Å². The molecule has 0 aliphatic heterocycles. The number of benzene rings is 10. The van der Waals surface area contributed by atoms with Gasteiger partial charge in [0.15, 0.2) is 0 Å². The number of rotatable bonds is 8. The summed E-state index contributed by atoms with van der Waals surface area (Å²) in [6.45, 7) is 6.82. The lowest BCUT2D eigenvalue weighted by Crippen LogP contribution is -2.29. The lowest BCUT2D eigenvalue weighted by atomic mass is 9.67. The largest absolute Gasteiger partial charge is 0.456 e. The van der Waals surface area contributed by atoms with E-state index in [2.05, 4.69) is 268 Å². The average Bonchev–Trinajstić information content (AvgIpc) is 3.91. The summed E-state index contributed by atoms with van der Waals surface area (Å²) in [6.07, 6.45) is 0. The van der Waals surface area contributed by atoms with Crippen molar-refractivity contribution in [1.29, 1.82) is 0 Å². The highest BCUT2D eigenvalue weighted by Crippen LogP contribution is 2.59. The van der Waals surface area contributed by atoms with E-state index in [1.54, 1.807) is 0 Å². The third kappa shape index (κ3) is 6.63. The third-order valence-electron chi connectivity index (χ3n) is 13.9. The van der Waals surface area contributed by atoms with Crippen LogP contribution in [-0.4, -0.2) is 0 Å². The maximum absolute atomic E-state index is 6.74. The van der Waals surface area contributed by atoms with E-state index in [1.165, 1.54) is 55.6 Å². The van der Waals surface area contributed by atoms with Crippen molar-refractivity contribution >= 4 is 39.0 Å². The van der Waals surface area contributed by atoms with Gasteiger partial charge in [0.2, 0.25) is 0 Å².